The highest BCUT2D eigenvalue weighted by Crippen LogP contribution is 2.17. The van der Waals surface area contributed by atoms with E-state index in [1.807, 2.05) is 45.9 Å². The van der Waals surface area contributed by atoms with Crippen molar-refractivity contribution < 1.29 is 9.59 Å². The maximum atomic E-state index is 12.7. The van der Waals surface area contributed by atoms with Crippen LogP contribution < -0.4 is 10.6 Å². The van der Waals surface area contributed by atoms with Crippen molar-refractivity contribution in [1.29, 1.82) is 0 Å². The molecule has 0 spiro atoms. The number of carbonyl (C=O) groups excluding carboxylic acids is 2. The standard InChI is InChI=1S/C22H35N3O2/c1-16(2)13-20(26)24-21(17(3)4)22(27)23-19-10-8-9-18(14-19)15-25-11-6-5-7-12-25/h8-10,14,16-17,21H,5-7,11-13,15H2,1-4H3,(H,23,27)(H,24,26). The summed E-state index contributed by atoms with van der Waals surface area (Å²) in [7, 11) is 0. The number of likely N-dealkylation sites (tertiary alicyclic amines) is 1. The van der Waals surface area contributed by atoms with E-state index in [1.165, 1.54) is 24.8 Å². The van der Waals surface area contributed by atoms with Gasteiger partial charge in [-0.15, -0.1) is 0 Å². The van der Waals surface area contributed by atoms with Crippen LogP contribution in [-0.4, -0.2) is 35.8 Å². The molecule has 1 aromatic carbocycles. The summed E-state index contributed by atoms with van der Waals surface area (Å²) >= 11 is 0. The van der Waals surface area contributed by atoms with E-state index in [0.29, 0.717) is 6.42 Å². The number of nitrogens with zero attached hydrogens (tertiary/aromatic N) is 1. The molecule has 2 amide bonds. The third-order valence-corrected chi connectivity index (χ3v) is 4.91. The Morgan fingerprint density at radius 2 is 1.78 bits per heavy atom. The number of piperidine rings is 1. The molecule has 1 heterocycles. The zero-order valence-corrected chi connectivity index (χ0v) is 17.3. The summed E-state index contributed by atoms with van der Waals surface area (Å²) in [5.74, 6) is 0.0694. The van der Waals surface area contributed by atoms with E-state index in [9.17, 15) is 9.59 Å². The molecule has 1 unspecified atom stereocenters. The van der Waals surface area contributed by atoms with E-state index in [-0.39, 0.29) is 23.7 Å². The van der Waals surface area contributed by atoms with E-state index in [4.69, 9.17) is 0 Å². The third-order valence-electron chi connectivity index (χ3n) is 4.91. The molecule has 0 aliphatic carbocycles. The molecule has 150 valence electrons. The summed E-state index contributed by atoms with van der Waals surface area (Å²) in [5, 5.41) is 5.88. The van der Waals surface area contributed by atoms with Gasteiger partial charge < -0.3 is 10.6 Å². The van der Waals surface area contributed by atoms with Crippen molar-refractivity contribution >= 4 is 17.5 Å². The van der Waals surface area contributed by atoms with Gasteiger partial charge in [-0.3, -0.25) is 14.5 Å². The molecule has 1 aliphatic heterocycles. The molecule has 0 bridgehead atoms. The van der Waals surface area contributed by atoms with Gasteiger partial charge in [-0.2, -0.15) is 0 Å². The van der Waals surface area contributed by atoms with Crippen molar-refractivity contribution in [2.45, 2.75) is 66.0 Å². The van der Waals surface area contributed by atoms with E-state index in [2.05, 4.69) is 21.6 Å². The highest BCUT2D eigenvalue weighted by Gasteiger charge is 2.24. The quantitative estimate of drug-likeness (QED) is 0.729. The molecule has 27 heavy (non-hydrogen) atoms. The van der Waals surface area contributed by atoms with Crippen LogP contribution in [0.3, 0.4) is 0 Å². The fourth-order valence-electron chi connectivity index (χ4n) is 3.48. The Morgan fingerprint density at radius 3 is 2.41 bits per heavy atom. The maximum absolute atomic E-state index is 12.7. The van der Waals surface area contributed by atoms with Crippen molar-refractivity contribution in [1.82, 2.24) is 10.2 Å². The van der Waals surface area contributed by atoms with Crippen LogP contribution in [0.1, 0.15) is 58.9 Å². The Kier molecular flexibility index (Phi) is 8.29. The molecule has 0 radical (unpaired) electrons. The summed E-state index contributed by atoms with van der Waals surface area (Å²) in [5.41, 5.74) is 2.00. The molecular weight excluding hydrogens is 338 g/mol. The minimum Gasteiger partial charge on any atom is -0.344 e. The Labute approximate surface area is 163 Å². The minimum atomic E-state index is -0.526. The lowest BCUT2D eigenvalue weighted by atomic mass is 10.0. The highest BCUT2D eigenvalue weighted by atomic mass is 16.2. The van der Waals surface area contributed by atoms with E-state index in [1.54, 1.807) is 0 Å². The monoisotopic (exact) mass is 373 g/mol. The van der Waals surface area contributed by atoms with Crippen molar-refractivity contribution in [3.8, 4) is 0 Å². The van der Waals surface area contributed by atoms with Gasteiger partial charge in [0.15, 0.2) is 0 Å². The molecule has 1 fully saturated rings. The fourth-order valence-corrected chi connectivity index (χ4v) is 3.48. The number of benzene rings is 1. The fraction of sp³-hybridized carbons (Fsp3) is 0.636. The Morgan fingerprint density at radius 1 is 1.07 bits per heavy atom. The highest BCUT2D eigenvalue weighted by molar-refractivity contribution is 5.97. The number of anilines is 1. The second-order valence-electron chi connectivity index (χ2n) is 8.41. The van der Waals surface area contributed by atoms with Crippen molar-refractivity contribution in [3.63, 3.8) is 0 Å². The van der Waals surface area contributed by atoms with Crippen LogP contribution in [-0.2, 0) is 16.1 Å². The molecule has 5 heteroatoms. The predicted octanol–water partition coefficient (Wildman–Crippen LogP) is 3.80. The smallest absolute Gasteiger partial charge is 0.247 e. The van der Waals surface area contributed by atoms with E-state index in [0.717, 1.165) is 25.3 Å². The van der Waals surface area contributed by atoms with Crippen LogP contribution in [0, 0.1) is 11.8 Å². The first-order valence-electron chi connectivity index (χ1n) is 10.3. The SMILES string of the molecule is CC(C)CC(=O)NC(C(=O)Nc1cccc(CN2CCCCC2)c1)C(C)C. The van der Waals surface area contributed by atoms with Crippen LogP contribution >= 0.6 is 0 Å². The van der Waals surface area contributed by atoms with Gasteiger partial charge >= 0.3 is 0 Å². The normalized spacial score (nSPS) is 16.4. The van der Waals surface area contributed by atoms with Crippen molar-refractivity contribution in [2.24, 2.45) is 11.8 Å². The van der Waals surface area contributed by atoms with Gasteiger partial charge in [0.05, 0.1) is 0 Å². The average molecular weight is 374 g/mol. The number of hydrogen-bond acceptors (Lipinski definition) is 3. The number of rotatable bonds is 8. The second kappa shape index (κ2) is 10.5. The van der Waals surface area contributed by atoms with Crippen LogP contribution in [0.2, 0.25) is 0 Å². The molecule has 2 N–H and O–H groups in total. The van der Waals surface area contributed by atoms with Gasteiger partial charge in [0, 0.05) is 18.7 Å². The lowest BCUT2D eigenvalue weighted by Crippen LogP contribution is -2.47. The molecule has 1 atom stereocenters. The summed E-state index contributed by atoms with van der Waals surface area (Å²) < 4.78 is 0. The number of carbonyl (C=O) groups is 2. The summed E-state index contributed by atoms with van der Waals surface area (Å²) in [6.07, 6.45) is 4.29. The van der Waals surface area contributed by atoms with Gasteiger partial charge in [0.25, 0.3) is 0 Å². The first kappa shape index (κ1) is 21.4. The van der Waals surface area contributed by atoms with Gasteiger partial charge in [-0.05, 0) is 55.5 Å². The Balaban J connectivity index is 1.97. The van der Waals surface area contributed by atoms with Gasteiger partial charge in [0.1, 0.15) is 6.04 Å². The van der Waals surface area contributed by atoms with E-state index >= 15 is 0 Å². The lowest BCUT2D eigenvalue weighted by Gasteiger charge is -2.26. The van der Waals surface area contributed by atoms with Crippen LogP contribution in [0.25, 0.3) is 0 Å². The summed E-state index contributed by atoms with van der Waals surface area (Å²) in [4.78, 5) is 27.3. The molecule has 0 aromatic heterocycles. The summed E-state index contributed by atoms with van der Waals surface area (Å²) in [6.45, 7) is 11.1. The lowest BCUT2D eigenvalue weighted by molar-refractivity contribution is -0.127. The van der Waals surface area contributed by atoms with E-state index < -0.39 is 6.04 Å². The molecule has 2 rings (SSSR count). The van der Waals surface area contributed by atoms with Crippen molar-refractivity contribution in [2.75, 3.05) is 18.4 Å². The molecule has 5 nitrogen and oxygen atoms in total. The molecule has 1 aliphatic rings. The zero-order valence-electron chi connectivity index (χ0n) is 17.3. The molecule has 1 aromatic rings. The second-order valence-corrected chi connectivity index (χ2v) is 8.41. The topological polar surface area (TPSA) is 61.4 Å². The predicted molar refractivity (Wildman–Crippen MR) is 110 cm³/mol. The first-order valence-corrected chi connectivity index (χ1v) is 10.3. The molecular formula is C22H35N3O2. The number of nitrogens with one attached hydrogen (secondary N) is 2. The average Bonchev–Trinajstić information content (AvgIpc) is 2.60. The zero-order chi connectivity index (χ0) is 19.8. The molecule has 1 saturated heterocycles. The Hall–Kier alpha value is -1.88. The summed E-state index contributed by atoms with van der Waals surface area (Å²) in [6, 6.07) is 7.51. The first-order chi connectivity index (χ1) is 12.8. The Bertz CT molecular complexity index is 622. The van der Waals surface area contributed by atoms with Crippen molar-refractivity contribution in [3.05, 3.63) is 29.8 Å². The van der Waals surface area contributed by atoms with Crippen LogP contribution in [0.4, 0.5) is 5.69 Å². The van der Waals surface area contributed by atoms with Gasteiger partial charge in [-0.25, -0.2) is 0 Å². The number of amides is 2. The maximum Gasteiger partial charge on any atom is 0.247 e. The number of hydrogen-bond donors (Lipinski definition) is 2. The van der Waals surface area contributed by atoms with Gasteiger partial charge in [0.2, 0.25) is 11.8 Å². The van der Waals surface area contributed by atoms with Gasteiger partial charge in [-0.1, -0.05) is 46.2 Å². The third kappa shape index (κ3) is 7.33. The minimum absolute atomic E-state index is 0.0256. The molecule has 0 saturated carbocycles. The van der Waals surface area contributed by atoms with Crippen LogP contribution in [0.15, 0.2) is 24.3 Å². The van der Waals surface area contributed by atoms with Crippen LogP contribution in [0.5, 0.6) is 0 Å². The largest absolute Gasteiger partial charge is 0.344 e.